The molecule has 0 spiro atoms. The quantitative estimate of drug-likeness (QED) is 0.865. The average Bonchev–Trinajstić information content (AvgIpc) is 2.96. The van der Waals surface area contributed by atoms with Gasteiger partial charge in [-0.25, -0.2) is 0 Å². The van der Waals surface area contributed by atoms with Gasteiger partial charge in [0, 0.05) is 17.8 Å². The molecule has 0 radical (unpaired) electrons. The standard InChI is InChI=1S/C8H8N2O3.C3H3NS/c11-7(12)5-10-8(13)6-3-1-2-4-9-6;1-2-5-3-4-1/h1-4H,5H2,(H,10,13)(H,11,12);1-3H. The Labute approximate surface area is 107 Å². The van der Waals surface area contributed by atoms with Crippen molar-refractivity contribution in [2.24, 2.45) is 0 Å². The SMILES string of the molecule is O=C(O)CNC(=O)c1ccccn1.c1cscn1. The van der Waals surface area contributed by atoms with Crippen LogP contribution in [0.25, 0.3) is 0 Å². The van der Waals surface area contributed by atoms with Gasteiger partial charge < -0.3 is 10.4 Å². The summed E-state index contributed by atoms with van der Waals surface area (Å²) < 4.78 is 0. The first-order chi connectivity index (χ1) is 8.70. The van der Waals surface area contributed by atoms with Gasteiger partial charge in [-0.15, -0.1) is 11.3 Å². The number of nitrogens with zero attached hydrogens (tertiary/aromatic N) is 2. The fraction of sp³-hybridized carbons (Fsp3) is 0.0909. The van der Waals surface area contributed by atoms with Crippen LogP contribution in [0, 0.1) is 0 Å². The molecular weight excluding hydrogens is 254 g/mol. The number of aliphatic carboxylic acids is 1. The van der Waals surface area contributed by atoms with E-state index in [1.807, 2.05) is 5.38 Å². The smallest absolute Gasteiger partial charge is 0.322 e. The molecule has 0 aliphatic heterocycles. The van der Waals surface area contributed by atoms with E-state index < -0.39 is 18.4 Å². The normalized spacial score (nSPS) is 8.89. The highest BCUT2D eigenvalue weighted by Gasteiger charge is 2.06. The first kappa shape index (κ1) is 13.8. The maximum Gasteiger partial charge on any atom is 0.322 e. The second kappa shape index (κ2) is 7.91. The minimum atomic E-state index is -1.08. The number of carbonyl (C=O) groups excluding carboxylic acids is 1. The minimum Gasteiger partial charge on any atom is -0.480 e. The van der Waals surface area contributed by atoms with Crippen molar-refractivity contribution in [1.82, 2.24) is 15.3 Å². The summed E-state index contributed by atoms with van der Waals surface area (Å²) in [5.41, 5.74) is 2.00. The van der Waals surface area contributed by atoms with Gasteiger partial charge in [0.2, 0.25) is 0 Å². The monoisotopic (exact) mass is 265 g/mol. The lowest BCUT2D eigenvalue weighted by Gasteiger charge is -1.99. The van der Waals surface area contributed by atoms with Crippen LogP contribution in [-0.2, 0) is 4.79 Å². The number of nitrogens with one attached hydrogen (secondary N) is 1. The fourth-order valence-electron chi connectivity index (χ4n) is 0.919. The predicted octanol–water partition coefficient (Wildman–Crippen LogP) is 1.04. The molecule has 0 unspecified atom stereocenters. The van der Waals surface area contributed by atoms with E-state index in [2.05, 4.69) is 15.3 Å². The van der Waals surface area contributed by atoms with Gasteiger partial charge in [-0.3, -0.25) is 19.6 Å². The van der Waals surface area contributed by atoms with Crippen LogP contribution in [-0.4, -0.2) is 33.5 Å². The summed E-state index contributed by atoms with van der Waals surface area (Å²) in [5, 5.41) is 12.4. The number of aromatic nitrogens is 2. The summed E-state index contributed by atoms with van der Waals surface area (Å²) >= 11 is 1.60. The highest BCUT2D eigenvalue weighted by Crippen LogP contribution is 1.91. The highest BCUT2D eigenvalue weighted by atomic mass is 32.1. The lowest BCUT2D eigenvalue weighted by Crippen LogP contribution is -2.29. The number of carboxylic acids is 1. The Morgan fingerprint density at radius 3 is 2.61 bits per heavy atom. The zero-order valence-corrected chi connectivity index (χ0v) is 10.1. The molecule has 0 saturated carbocycles. The number of thiazole rings is 1. The van der Waals surface area contributed by atoms with Crippen molar-refractivity contribution in [2.75, 3.05) is 6.54 Å². The molecule has 94 valence electrons. The van der Waals surface area contributed by atoms with E-state index in [0.29, 0.717) is 0 Å². The van der Waals surface area contributed by atoms with Gasteiger partial charge in [0.1, 0.15) is 12.2 Å². The lowest BCUT2D eigenvalue weighted by atomic mass is 10.3. The van der Waals surface area contributed by atoms with Gasteiger partial charge in [0.15, 0.2) is 0 Å². The maximum absolute atomic E-state index is 11.1. The molecule has 6 nitrogen and oxygen atoms in total. The molecular formula is C11H11N3O3S. The Bertz CT molecular complexity index is 456. The van der Waals surface area contributed by atoms with Gasteiger partial charge in [0.25, 0.3) is 5.91 Å². The number of rotatable bonds is 3. The summed E-state index contributed by atoms with van der Waals surface area (Å²) in [6.07, 6.45) is 3.24. The van der Waals surface area contributed by atoms with E-state index in [0.717, 1.165) is 0 Å². The number of amides is 1. The van der Waals surface area contributed by atoms with E-state index in [1.54, 1.807) is 35.2 Å². The molecule has 0 fully saturated rings. The zero-order chi connectivity index (χ0) is 13.2. The fourth-order valence-corrected chi connectivity index (χ4v) is 1.27. The van der Waals surface area contributed by atoms with Crippen molar-refractivity contribution < 1.29 is 14.7 Å². The van der Waals surface area contributed by atoms with Crippen molar-refractivity contribution in [1.29, 1.82) is 0 Å². The molecule has 0 aliphatic rings. The number of hydrogen-bond acceptors (Lipinski definition) is 5. The van der Waals surface area contributed by atoms with Crippen molar-refractivity contribution in [2.45, 2.75) is 0 Å². The molecule has 2 heterocycles. The van der Waals surface area contributed by atoms with E-state index >= 15 is 0 Å². The molecule has 0 atom stereocenters. The second-order valence-corrected chi connectivity index (χ2v) is 3.72. The molecule has 1 amide bonds. The molecule has 0 bridgehead atoms. The third kappa shape index (κ3) is 5.71. The highest BCUT2D eigenvalue weighted by molar-refractivity contribution is 7.07. The molecule has 2 aromatic rings. The molecule has 2 rings (SSSR count). The largest absolute Gasteiger partial charge is 0.480 e. The Hall–Kier alpha value is -2.28. The molecule has 0 aliphatic carbocycles. The Kier molecular flexibility index (Phi) is 6.05. The average molecular weight is 265 g/mol. The molecule has 18 heavy (non-hydrogen) atoms. The number of carbonyl (C=O) groups is 2. The minimum absolute atomic E-state index is 0.212. The summed E-state index contributed by atoms with van der Waals surface area (Å²) in [6.45, 7) is -0.393. The molecule has 2 aromatic heterocycles. The molecule has 7 heteroatoms. The van der Waals surface area contributed by atoms with Crippen LogP contribution < -0.4 is 5.32 Å². The number of hydrogen-bond donors (Lipinski definition) is 2. The summed E-state index contributed by atoms with van der Waals surface area (Å²) in [6, 6.07) is 4.84. The van der Waals surface area contributed by atoms with Crippen molar-refractivity contribution >= 4 is 23.2 Å². The first-order valence-electron chi connectivity index (χ1n) is 4.93. The van der Waals surface area contributed by atoms with Crippen molar-refractivity contribution in [3.05, 3.63) is 47.2 Å². The molecule has 0 aromatic carbocycles. The summed E-state index contributed by atoms with van der Waals surface area (Å²) in [4.78, 5) is 28.7. The summed E-state index contributed by atoms with van der Waals surface area (Å²) in [7, 11) is 0. The van der Waals surface area contributed by atoms with Gasteiger partial charge in [-0.05, 0) is 12.1 Å². The van der Waals surface area contributed by atoms with Gasteiger partial charge >= 0.3 is 5.97 Å². The predicted molar refractivity (Wildman–Crippen MR) is 66.3 cm³/mol. The topological polar surface area (TPSA) is 92.2 Å². The van der Waals surface area contributed by atoms with Gasteiger partial charge in [-0.2, -0.15) is 0 Å². The Morgan fingerprint density at radius 1 is 1.33 bits per heavy atom. The second-order valence-electron chi connectivity index (χ2n) is 2.97. The zero-order valence-electron chi connectivity index (χ0n) is 9.31. The van der Waals surface area contributed by atoms with E-state index in [1.165, 1.54) is 12.3 Å². The van der Waals surface area contributed by atoms with Crippen LogP contribution in [0.2, 0.25) is 0 Å². The maximum atomic E-state index is 11.1. The van der Waals surface area contributed by atoms with E-state index in [-0.39, 0.29) is 5.69 Å². The van der Waals surface area contributed by atoms with Crippen LogP contribution in [0.3, 0.4) is 0 Å². The van der Waals surface area contributed by atoms with Crippen LogP contribution >= 0.6 is 11.3 Å². The van der Waals surface area contributed by atoms with Crippen molar-refractivity contribution in [3.8, 4) is 0 Å². The van der Waals surface area contributed by atoms with Crippen molar-refractivity contribution in [3.63, 3.8) is 0 Å². The number of pyridine rings is 1. The third-order valence-corrected chi connectivity index (χ3v) is 2.17. The van der Waals surface area contributed by atoms with Crippen LogP contribution in [0.5, 0.6) is 0 Å². The van der Waals surface area contributed by atoms with Gasteiger partial charge in [-0.1, -0.05) is 6.07 Å². The molecule has 2 N–H and O–H groups in total. The van der Waals surface area contributed by atoms with Crippen LogP contribution in [0.4, 0.5) is 0 Å². The Balaban J connectivity index is 0.000000269. The van der Waals surface area contributed by atoms with E-state index in [4.69, 9.17) is 5.11 Å². The first-order valence-corrected chi connectivity index (χ1v) is 5.87. The van der Waals surface area contributed by atoms with Crippen LogP contribution in [0.1, 0.15) is 10.5 Å². The third-order valence-electron chi connectivity index (χ3n) is 1.64. The number of carboxylic acid groups (broad SMARTS) is 1. The van der Waals surface area contributed by atoms with E-state index in [9.17, 15) is 9.59 Å². The molecule has 0 saturated heterocycles. The lowest BCUT2D eigenvalue weighted by molar-refractivity contribution is -0.135. The Morgan fingerprint density at radius 2 is 2.17 bits per heavy atom. The van der Waals surface area contributed by atoms with Gasteiger partial charge in [0.05, 0.1) is 5.51 Å². The van der Waals surface area contributed by atoms with Crippen LogP contribution in [0.15, 0.2) is 41.5 Å². The summed E-state index contributed by atoms with van der Waals surface area (Å²) in [5.74, 6) is -1.56.